The van der Waals surface area contributed by atoms with Crippen LogP contribution in [-0.2, 0) is 9.53 Å². The minimum Gasteiger partial charge on any atom is -0.387 e. The lowest BCUT2D eigenvalue weighted by Crippen LogP contribution is -2.42. The molecule has 2 aliphatic rings. The summed E-state index contributed by atoms with van der Waals surface area (Å²) in [6, 6.07) is 0. The van der Waals surface area contributed by atoms with Crippen LogP contribution in [0.25, 0.3) is 11.2 Å². The third kappa shape index (κ3) is 4.14. The highest BCUT2D eigenvalue weighted by Gasteiger charge is 2.47. The van der Waals surface area contributed by atoms with Crippen LogP contribution in [0.2, 0.25) is 0 Å². The van der Waals surface area contributed by atoms with Crippen molar-refractivity contribution in [2.24, 2.45) is 5.92 Å². The Balaban J connectivity index is 1.66. The van der Waals surface area contributed by atoms with E-state index in [1.165, 1.54) is 10.9 Å². The second-order valence-corrected chi connectivity index (χ2v) is 8.56. The maximum Gasteiger partial charge on any atom is 0.252 e. The van der Waals surface area contributed by atoms with Gasteiger partial charge < -0.3 is 31.1 Å². The first-order valence-corrected chi connectivity index (χ1v) is 10.8. The van der Waals surface area contributed by atoms with E-state index in [9.17, 15) is 20.1 Å². The number of nitrogen functional groups attached to an aromatic ring is 1. The zero-order chi connectivity index (χ0) is 23.0. The molecule has 1 aliphatic carbocycles. The molecule has 172 valence electrons. The highest BCUT2D eigenvalue weighted by atomic mass is 16.6. The Hall–Kier alpha value is -2.78. The molecule has 2 aromatic heterocycles. The zero-order valence-corrected chi connectivity index (χ0v) is 18.0. The number of hydrogen-bond donors (Lipinski definition) is 5. The maximum atomic E-state index is 12.2. The van der Waals surface area contributed by atoms with E-state index in [0.717, 1.165) is 12.8 Å². The Morgan fingerprint density at radius 3 is 2.91 bits per heavy atom. The van der Waals surface area contributed by atoms with Crippen LogP contribution in [0.5, 0.6) is 0 Å². The van der Waals surface area contributed by atoms with Gasteiger partial charge in [0.15, 0.2) is 23.8 Å². The number of rotatable bonds is 3. The number of likely N-dealkylation sites (N-methyl/N-ethyl adjacent to an activating group) is 1. The van der Waals surface area contributed by atoms with Crippen LogP contribution < -0.4 is 11.1 Å². The molecule has 32 heavy (non-hydrogen) atoms. The largest absolute Gasteiger partial charge is 0.387 e. The number of imidazole rings is 1. The van der Waals surface area contributed by atoms with E-state index in [1.807, 2.05) is 0 Å². The van der Waals surface area contributed by atoms with Crippen molar-refractivity contribution in [1.29, 1.82) is 0 Å². The highest BCUT2D eigenvalue weighted by molar-refractivity contribution is 5.83. The predicted molar refractivity (Wildman–Crippen MR) is 114 cm³/mol. The van der Waals surface area contributed by atoms with Gasteiger partial charge in [-0.05, 0) is 38.0 Å². The van der Waals surface area contributed by atoms with E-state index in [0.29, 0.717) is 25.3 Å². The standard InChI is InChI=1S/C21H28N6O5/c1-3-23-19(30)16-14(28)15(29)20(32-16)27-10-24-13-17(22)25-12(26-18(13)27)6-8-21(31)7-4-5-11(2)9-21/h10-11,14-16,20,28-29,31H,3-5,7,9H2,1-2H3,(H,23,30)(H2,22,25,26)/t11-,14+,15-,16+,20-,21+/m1/s1. The third-order valence-corrected chi connectivity index (χ3v) is 5.95. The number of hydrogen-bond acceptors (Lipinski definition) is 9. The van der Waals surface area contributed by atoms with Gasteiger partial charge in [0.2, 0.25) is 5.82 Å². The molecule has 0 bridgehead atoms. The van der Waals surface area contributed by atoms with Gasteiger partial charge >= 0.3 is 0 Å². The van der Waals surface area contributed by atoms with E-state index in [1.54, 1.807) is 6.92 Å². The molecule has 1 saturated carbocycles. The lowest BCUT2D eigenvalue weighted by molar-refractivity contribution is -0.137. The predicted octanol–water partition coefficient (Wildman–Crippen LogP) is -0.543. The molecular formula is C21H28N6O5. The van der Waals surface area contributed by atoms with Crippen LogP contribution in [0.1, 0.15) is 51.6 Å². The number of aliphatic hydroxyl groups is 3. The molecule has 2 fully saturated rings. The molecule has 3 heterocycles. The third-order valence-electron chi connectivity index (χ3n) is 5.95. The normalized spacial score (nSPS) is 32.5. The number of carbonyl (C=O) groups is 1. The molecule has 11 nitrogen and oxygen atoms in total. The van der Waals surface area contributed by atoms with Crippen LogP contribution in [0, 0.1) is 17.8 Å². The first kappa shape index (κ1) is 22.4. The van der Waals surface area contributed by atoms with Crippen molar-refractivity contribution in [1.82, 2.24) is 24.8 Å². The average molecular weight is 444 g/mol. The summed E-state index contributed by atoms with van der Waals surface area (Å²) in [4.78, 5) is 24.9. The molecule has 0 unspecified atom stereocenters. The van der Waals surface area contributed by atoms with Gasteiger partial charge in [-0.2, -0.15) is 0 Å². The molecule has 0 spiro atoms. The minimum atomic E-state index is -1.43. The van der Waals surface area contributed by atoms with Gasteiger partial charge in [0.05, 0.1) is 6.33 Å². The number of amides is 1. The van der Waals surface area contributed by atoms with Crippen molar-refractivity contribution < 1.29 is 24.9 Å². The van der Waals surface area contributed by atoms with Crippen LogP contribution >= 0.6 is 0 Å². The van der Waals surface area contributed by atoms with E-state index in [-0.39, 0.29) is 22.8 Å². The smallest absolute Gasteiger partial charge is 0.252 e. The van der Waals surface area contributed by atoms with E-state index in [2.05, 4.69) is 39.0 Å². The Bertz CT molecular complexity index is 1080. The Labute approximate surface area is 185 Å². The molecule has 6 atom stereocenters. The van der Waals surface area contributed by atoms with Crippen molar-refractivity contribution in [3.8, 4) is 11.8 Å². The SMILES string of the molecule is CCNC(=O)[C@H]1O[C@@H](n2cnc3c(N)nc(C#C[C@@]4(O)CCC[C@@H](C)C4)nc32)[C@H](O)[C@@H]1O. The maximum absolute atomic E-state index is 12.2. The van der Waals surface area contributed by atoms with Crippen LogP contribution in [0.3, 0.4) is 0 Å². The summed E-state index contributed by atoms with van der Waals surface area (Å²) in [6.07, 6.45) is -0.699. The molecule has 0 radical (unpaired) electrons. The Morgan fingerprint density at radius 2 is 2.19 bits per heavy atom. The van der Waals surface area contributed by atoms with Crippen molar-refractivity contribution in [2.75, 3.05) is 12.3 Å². The fraction of sp³-hybridized carbons (Fsp3) is 0.619. The monoisotopic (exact) mass is 444 g/mol. The van der Waals surface area contributed by atoms with Gasteiger partial charge in [0, 0.05) is 6.54 Å². The topological polar surface area (TPSA) is 169 Å². The number of carbonyl (C=O) groups excluding carboxylic acids is 1. The van der Waals surface area contributed by atoms with Gasteiger partial charge in [-0.3, -0.25) is 9.36 Å². The van der Waals surface area contributed by atoms with Crippen molar-refractivity contribution in [3.05, 3.63) is 12.2 Å². The number of aromatic nitrogens is 4. The van der Waals surface area contributed by atoms with Crippen LogP contribution in [-0.4, -0.2) is 71.2 Å². The second kappa shape index (κ2) is 8.63. The van der Waals surface area contributed by atoms with Gasteiger partial charge in [0.1, 0.15) is 23.3 Å². The molecule has 1 saturated heterocycles. The summed E-state index contributed by atoms with van der Waals surface area (Å²) in [5.74, 6) is 5.74. The van der Waals surface area contributed by atoms with Gasteiger partial charge in [-0.1, -0.05) is 19.3 Å². The number of fused-ring (bicyclic) bond motifs is 1. The number of nitrogens with two attached hydrogens (primary N) is 1. The quantitative estimate of drug-likeness (QED) is 0.390. The molecule has 2 aromatic rings. The fourth-order valence-corrected chi connectivity index (χ4v) is 4.37. The van der Waals surface area contributed by atoms with Crippen LogP contribution in [0.15, 0.2) is 6.33 Å². The molecule has 11 heteroatoms. The summed E-state index contributed by atoms with van der Waals surface area (Å²) in [6.45, 7) is 4.18. The van der Waals surface area contributed by atoms with Gasteiger partial charge in [-0.15, -0.1) is 0 Å². The summed E-state index contributed by atoms with van der Waals surface area (Å²) in [5.41, 5.74) is 5.44. The molecule has 4 rings (SSSR count). The summed E-state index contributed by atoms with van der Waals surface area (Å²) in [7, 11) is 0. The minimum absolute atomic E-state index is 0.0790. The van der Waals surface area contributed by atoms with Crippen molar-refractivity contribution in [3.63, 3.8) is 0 Å². The lowest BCUT2D eigenvalue weighted by Gasteiger charge is -2.30. The van der Waals surface area contributed by atoms with Crippen molar-refractivity contribution in [2.45, 2.75) is 69.7 Å². The number of nitrogens with one attached hydrogen (secondary N) is 1. The summed E-state index contributed by atoms with van der Waals surface area (Å²) >= 11 is 0. The Kier molecular flexibility index (Phi) is 6.05. The number of ether oxygens (including phenoxy) is 1. The molecule has 6 N–H and O–H groups in total. The summed E-state index contributed by atoms with van der Waals surface area (Å²) in [5, 5.41) is 34.1. The van der Waals surface area contributed by atoms with Gasteiger partial charge in [0.25, 0.3) is 5.91 Å². The average Bonchev–Trinajstić information content (AvgIpc) is 3.28. The van der Waals surface area contributed by atoms with Crippen LogP contribution in [0.4, 0.5) is 5.82 Å². The first-order chi connectivity index (χ1) is 15.2. The van der Waals surface area contributed by atoms with E-state index >= 15 is 0 Å². The first-order valence-electron chi connectivity index (χ1n) is 10.8. The molecular weight excluding hydrogens is 416 g/mol. The number of aliphatic hydroxyl groups excluding tert-OH is 2. The Morgan fingerprint density at radius 1 is 1.41 bits per heavy atom. The van der Waals surface area contributed by atoms with Gasteiger partial charge in [-0.25, -0.2) is 15.0 Å². The number of anilines is 1. The van der Waals surface area contributed by atoms with Crippen molar-refractivity contribution >= 4 is 22.9 Å². The molecule has 1 aliphatic heterocycles. The highest BCUT2D eigenvalue weighted by Crippen LogP contribution is 2.33. The lowest BCUT2D eigenvalue weighted by atomic mass is 9.79. The molecule has 0 aromatic carbocycles. The van der Waals surface area contributed by atoms with E-state index < -0.39 is 36.0 Å². The second-order valence-electron chi connectivity index (χ2n) is 8.56. The summed E-state index contributed by atoms with van der Waals surface area (Å²) < 4.78 is 7.04. The fourth-order valence-electron chi connectivity index (χ4n) is 4.37. The molecule has 1 amide bonds. The van der Waals surface area contributed by atoms with E-state index in [4.69, 9.17) is 10.5 Å². The number of nitrogens with zero attached hydrogens (tertiary/aromatic N) is 4. The zero-order valence-electron chi connectivity index (χ0n) is 18.0.